The van der Waals surface area contributed by atoms with Crippen LogP contribution in [0.4, 0.5) is 0 Å². The predicted octanol–water partition coefficient (Wildman–Crippen LogP) is 4.60. The Morgan fingerprint density at radius 2 is 1.78 bits per heavy atom. The smallest absolute Gasteiger partial charge is 0.338 e. The molecule has 4 aromatic rings. The normalized spacial score (nSPS) is 11.4. The average molecular weight is 359 g/mol. The zero-order valence-electron chi connectivity index (χ0n) is 15.4. The lowest BCUT2D eigenvalue weighted by Gasteiger charge is -2.13. The van der Waals surface area contributed by atoms with Crippen LogP contribution >= 0.6 is 0 Å². The fourth-order valence-corrected chi connectivity index (χ4v) is 3.27. The van der Waals surface area contributed by atoms with E-state index in [-0.39, 0.29) is 12.6 Å². The Morgan fingerprint density at radius 1 is 1.04 bits per heavy atom. The molecule has 136 valence electrons. The molecule has 2 aromatic carbocycles. The van der Waals surface area contributed by atoms with E-state index in [1.807, 2.05) is 36.4 Å². The van der Waals surface area contributed by atoms with Crippen molar-refractivity contribution in [2.45, 2.75) is 27.0 Å². The number of hydrogen-bond donors (Lipinski definition) is 0. The van der Waals surface area contributed by atoms with Gasteiger partial charge in [0.15, 0.2) is 0 Å². The summed E-state index contributed by atoms with van der Waals surface area (Å²) in [6.07, 6.45) is 1.79. The van der Waals surface area contributed by atoms with Crippen molar-refractivity contribution in [2.75, 3.05) is 0 Å². The van der Waals surface area contributed by atoms with Gasteiger partial charge in [-0.2, -0.15) is 0 Å². The molecule has 0 atom stereocenters. The monoisotopic (exact) mass is 359 g/mol. The van der Waals surface area contributed by atoms with Crippen LogP contribution in [0.15, 0.2) is 60.8 Å². The highest BCUT2D eigenvalue weighted by molar-refractivity contribution is 6.02. The molecule has 27 heavy (non-hydrogen) atoms. The Hall–Kier alpha value is -3.21. The van der Waals surface area contributed by atoms with Gasteiger partial charge in [-0.1, -0.05) is 50.2 Å². The maximum Gasteiger partial charge on any atom is 0.338 e. The van der Waals surface area contributed by atoms with E-state index in [0.29, 0.717) is 11.5 Å². The van der Waals surface area contributed by atoms with E-state index in [1.54, 1.807) is 18.3 Å². The summed E-state index contributed by atoms with van der Waals surface area (Å²) in [6.45, 7) is 5.25. The topological polar surface area (TPSA) is 57.0 Å². The number of para-hydroxylation sites is 1. The van der Waals surface area contributed by atoms with Crippen LogP contribution in [0.1, 0.15) is 30.0 Å². The van der Waals surface area contributed by atoms with Gasteiger partial charge in [-0.05, 0) is 24.1 Å². The second-order valence-corrected chi connectivity index (χ2v) is 6.98. The molecule has 0 amide bonds. The molecule has 2 aromatic heterocycles. The number of nitrogens with zero attached hydrogens (tertiary/aromatic N) is 3. The van der Waals surface area contributed by atoms with Gasteiger partial charge in [0.05, 0.1) is 22.8 Å². The molecule has 0 unspecified atom stereocenters. The number of aromatic nitrogens is 3. The van der Waals surface area contributed by atoms with Crippen molar-refractivity contribution in [3.63, 3.8) is 0 Å². The third-order valence-corrected chi connectivity index (χ3v) is 4.45. The maximum absolute atomic E-state index is 12.3. The van der Waals surface area contributed by atoms with Crippen molar-refractivity contribution < 1.29 is 9.53 Å². The van der Waals surface area contributed by atoms with Gasteiger partial charge >= 0.3 is 5.97 Å². The SMILES string of the molecule is CC(C)Cn1c(COC(=O)c2ccccc2)nc2cnc3ccccc3c21. The second kappa shape index (κ2) is 7.19. The molecule has 0 fully saturated rings. The summed E-state index contributed by atoms with van der Waals surface area (Å²) >= 11 is 0. The Labute approximate surface area is 157 Å². The molecular weight excluding hydrogens is 338 g/mol. The minimum atomic E-state index is -0.346. The zero-order chi connectivity index (χ0) is 18.8. The summed E-state index contributed by atoms with van der Waals surface area (Å²) in [5.41, 5.74) is 3.33. The van der Waals surface area contributed by atoms with Gasteiger partial charge in [-0.15, -0.1) is 0 Å². The molecule has 0 saturated heterocycles. The van der Waals surface area contributed by atoms with Crippen LogP contribution in [-0.2, 0) is 17.9 Å². The fraction of sp³-hybridized carbons (Fsp3) is 0.227. The minimum Gasteiger partial charge on any atom is -0.454 e. The largest absolute Gasteiger partial charge is 0.454 e. The number of imidazole rings is 1. The molecule has 0 bridgehead atoms. The molecule has 0 aliphatic rings. The standard InChI is InChI=1S/C22H21N3O2/c1-15(2)13-25-20(14-27-22(26)16-8-4-3-5-9-16)24-19-12-23-18-11-7-6-10-17(18)21(19)25/h3-12,15H,13-14H2,1-2H3. The van der Waals surface area contributed by atoms with Gasteiger partial charge < -0.3 is 9.30 Å². The van der Waals surface area contributed by atoms with Crippen molar-refractivity contribution in [1.82, 2.24) is 14.5 Å². The van der Waals surface area contributed by atoms with Gasteiger partial charge in [-0.3, -0.25) is 4.98 Å². The number of hydrogen-bond acceptors (Lipinski definition) is 4. The predicted molar refractivity (Wildman–Crippen MR) is 105 cm³/mol. The summed E-state index contributed by atoms with van der Waals surface area (Å²) in [7, 11) is 0. The number of ether oxygens (including phenoxy) is 1. The van der Waals surface area contributed by atoms with Crippen LogP contribution in [-0.4, -0.2) is 20.5 Å². The lowest BCUT2D eigenvalue weighted by atomic mass is 10.1. The Morgan fingerprint density at radius 3 is 2.56 bits per heavy atom. The molecule has 0 spiro atoms. The summed E-state index contributed by atoms with van der Waals surface area (Å²) in [5.74, 6) is 0.820. The van der Waals surface area contributed by atoms with E-state index >= 15 is 0 Å². The highest BCUT2D eigenvalue weighted by atomic mass is 16.5. The van der Waals surface area contributed by atoms with Gasteiger partial charge in [0, 0.05) is 11.9 Å². The summed E-state index contributed by atoms with van der Waals surface area (Å²) < 4.78 is 7.69. The van der Waals surface area contributed by atoms with Gasteiger partial charge in [0.2, 0.25) is 0 Å². The number of rotatable bonds is 5. The average Bonchev–Trinajstić information content (AvgIpc) is 3.04. The van der Waals surface area contributed by atoms with Crippen LogP contribution in [0.2, 0.25) is 0 Å². The van der Waals surface area contributed by atoms with Crippen LogP contribution in [0.3, 0.4) is 0 Å². The third-order valence-electron chi connectivity index (χ3n) is 4.45. The van der Waals surface area contributed by atoms with E-state index in [4.69, 9.17) is 9.72 Å². The number of carbonyl (C=O) groups is 1. The van der Waals surface area contributed by atoms with E-state index in [9.17, 15) is 4.79 Å². The van der Waals surface area contributed by atoms with Crippen LogP contribution < -0.4 is 0 Å². The molecule has 4 rings (SSSR count). The second-order valence-electron chi connectivity index (χ2n) is 6.98. The first-order valence-electron chi connectivity index (χ1n) is 9.08. The third kappa shape index (κ3) is 3.40. The van der Waals surface area contributed by atoms with Crippen molar-refractivity contribution in [3.8, 4) is 0 Å². The van der Waals surface area contributed by atoms with Gasteiger partial charge in [-0.25, -0.2) is 9.78 Å². The van der Waals surface area contributed by atoms with Crippen molar-refractivity contribution in [2.24, 2.45) is 5.92 Å². The minimum absolute atomic E-state index is 0.128. The molecular formula is C22H21N3O2. The molecule has 0 aliphatic heterocycles. The molecule has 0 aliphatic carbocycles. The first-order chi connectivity index (χ1) is 13.1. The van der Waals surface area contributed by atoms with Crippen LogP contribution in [0, 0.1) is 5.92 Å². The molecule has 0 radical (unpaired) electrons. The number of pyridine rings is 1. The number of esters is 1. The van der Waals surface area contributed by atoms with Crippen molar-refractivity contribution >= 4 is 27.9 Å². The molecule has 2 heterocycles. The molecule has 0 saturated carbocycles. The highest BCUT2D eigenvalue weighted by Crippen LogP contribution is 2.26. The first-order valence-corrected chi connectivity index (χ1v) is 9.08. The first kappa shape index (κ1) is 17.2. The lowest BCUT2D eigenvalue weighted by Crippen LogP contribution is -2.12. The number of fused-ring (bicyclic) bond motifs is 3. The highest BCUT2D eigenvalue weighted by Gasteiger charge is 2.17. The molecule has 0 N–H and O–H groups in total. The zero-order valence-corrected chi connectivity index (χ0v) is 15.4. The van der Waals surface area contributed by atoms with Gasteiger partial charge in [0.25, 0.3) is 0 Å². The van der Waals surface area contributed by atoms with Crippen LogP contribution in [0.25, 0.3) is 21.9 Å². The number of carbonyl (C=O) groups excluding carboxylic acids is 1. The van der Waals surface area contributed by atoms with E-state index < -0.39 is 0 Å². The van der Waals surface area contributed by atoms with Crippen LogP contribution in [0.5, 0.6) is 0 Å². The number of benzene rings is 2. The van der Waals surface area contributed by atoms with Gasteiger partial charge in [0.1, 0.15) is 17.9 Å². The lowest BCUT2D eigenvalue weighted by molar-refractivity contribution is 0.0458. The maximum atomic E-state index is 12.3. The fourth-order valence-electron chi connectivity index (χ4n) is 3.27. The van der Waals surface area contributed by atoms with E-state index in [1.165, 1.54) is 0 Å². The summed E-state index contributed by atoms with van der Waals surface area (Å²) in [6, 6.07) is 17.0. The quantitative estimate of drug-likeness (QED) is 0.489. The summed E-state index contributed by atoms with van der Waals surface area (Å²) in [5, 5.41) is 1.06. The van der Waals surface area contributed by atoms with Crippen molar-refractivity contribution in [1.29, 1.82) is 0 Å². The Balaban J connectivity index is 1.73. The molecule has 5 nitrogen and oxygen atoms in total. The molecule has 5 heteroatoms. The van der Waals surface area contributed by atoms with Crippen molar-refractivity contribution in [3.05, 3.63) is 72.2 Å². The Kier molecular flexibility index (Phi) is 4.59. The van der Waals surface area contributed by atoms with E-state index in [0.717, 1.165) is 34.3 Å². The van der Waals surface area contributed by atoms with E-state index in [2.05, 4.69) is 29.5 Å². The Bertz CT molecular complexity index is 1100. The summed E-state index contributed by atoms with van der Waals surface area (Å²) in [4.78, 5) is 21.5.